The molecule has 0 saturated heterocycles. The highest BCUT2D eigenvalue weighted by molar-refractivity contribution is 7.18. The molecule has 0 unspecified atom stereocenters. The maximum Gasteiger partial charge on any atom is 0.573 e. The van der Waals surface area contributed by atoms with E-state index in [0.29, 0.717) is 21.2 Å². The Balaban J connectivity index is 1.77. The number of nitrogens with zero attached hydrogens (tertiary/aromatic N) is 4. The van der Waals surface area contributed by atoms with Gasteiger partial charge in [0.1, 0.15) is 11.4 Å². The molecule has 0 aliphatic rings. The summed E-state index contributed by atoms with van der Waals surface area (Å²) in [6, 6.07) is 5.99. The van der Waals surface area contributed by atoms with Gasteiger partial charge in [-0.2, -0.15) is 0 Å². The molecular formula is C15H11F3N4O2S. The molecule has 1 aromatic carbocycles. The largest absolute Gasteiger partial charge is 0.573 e. The number of halogens is 3. The predicted molar refractivity (Wildman–Crippen MR) is 86.0 cm³/mol. The number of aromatic nitrogens is 4. The van der Waals surface area contributed by atoms with Crippen molar-refractivity contribution in [2.45, 2.75) is 6.36 Å². The van der Waals surface area contributed by atoms with Crippen LogP contribution in [0.3, 0.4) is 0 Å². The number of fused-ring (bicyclic) bond motifs is 2. The number of methoxy groups -OCH3 is 1. The lowest BCUT2D eigenvalue weighted by Crippen LogP contribution is -2.16. The Hall–Kier alpha value is -2.75. The number of benzene rings is 1. The molecule has 0 atom stereocenters. The van der Waals surface area contributed by atoms with E-state index in [2.05, 4.69) is 14.8 Å². The van der Waals surface area contributed by atoms with Gasteiger partial charge in [0.2, 0.25) is 4.96 Å². The van der Waals surface area contributed by atoms with Crippen LogP contribution in [0, 0.1) is 0 Å². The number of rotatable bonds is 3. The van der Waals surface area contributed by atoms with Gasteiger partial charge in [0.15, 0.2) is 0 Å². The Morgan fingerprint density at radius 2 is 2.00 bits per heavy atom. The molecule has 0 radical (unpaired) electrons. The molecule has 10 heteroatoms. The topological polar surface area (TPSA) is 53.6 Å². The van der Waals surface area contributed by atoms with Crippen molar-refractivity contribution in [2.75, 3.05) is 7.11 Å². The molecule has 6 nitrogen and oxygen atoms in total. The second kappa shape index (κ2) is 5.38. The molecule has 0 aliphatic heterocycles. The van der Waals surface area contributed by atoms with E-state index in [1.54, 1.807) is 22.8 Å². The van der Waals surface area contributed by atoms with Gasteiger partial charge >= 0.3 is 6.36 Å². The minimum Gasteiger partial charge on any atom is -0.472 e. The standard InChI is InChI=1S/C15H11F3N4O2S/c1-21-11-4-3-9(24-15(16,17)18)5-8(11)6-12(21)10-7-22-13(19-10)25-14(20-22)23-2/h3-7H,1-2H3. The molecule has 4 rings (SSSR count). The monoisotopic (exact) mass is 368 g/mol. The lowest BCUT2D eigenvalue weighted by atomic mass is 10.2. The Kier molecular flexibility index (Phi) is 3.39. The van der Waals surface area contributed by atoms with Gasteiger partial charge in [0.25, 0.3) is 5.19 Å². The number of alkyl halides is 3. The molecule has 0 amide bonds. The van der Waals surface area contributed by atoms with E-state index in [-0.39, 0.29) is 5.75 Å². The third kappa shape index (κ3) is 2.78. The summed E-state index contributed by atoms with van der Waals surface area (Å²) in [5.74, 6) is -0.255. The zero-order valence-electron chi connectivity index (χ0n) is 13.0. The van der Waals surface area contributed by atoms with E-state index in [1.165, 1.54) is 30.6 Å². The van der Waals surface area contributed by atoms with Gasteiger partial charge in [-0.3, -0.25) is 0 Å². The minimum absolute atomic E-state index is 0.255. The number of ether oxygens (including phenoxy) is 2. The number of imidazole rings is 1. The van der Waals surface area contributed by atoms with Crippen molar-refractivity contribution in [3.8, 4) is 22.3 Å². The van der Waals surface area contributed by atoms with E-state index in [4.69, 9.17) is 4.74 Å². The molecule has 0 N–H and O–H groups in total. The van der Waals surface area contributed by atoms with Gasteiger partial charge in [-0.1, -0.05) is 0 Å². The van der Waals surface area contributed by atoms with E-state index < -0.39 is 6.36 Å². The lowest BCUT2D eigenvalue weighted by Gasteiger charge is -2.08. The third-order valence-corrected chi connectivity index (χ3v) is 4.59. The number of hydrogen-bond donors (Lipinski definition) is 0. The van der Waals surface area contributed by atoms with Gasteiger partial charge in [-0.05, 0) is 35.6 Å². The summed E-state index contributed by atoms with van der Waals surface area (Å²) in [5.41, 5.74) is 2.20. The summed E-state index contributed by atoms with van der Waals surface area (Å²) in [5, 5.41) is 5.34. The van der Waals surface area contributed by atoms with Crippen molar-refractivity contribution in [1.82, 2.24) is 19.2 Å². The summed E-state index contributed by atoms with van der Waals surface area (Å²) in [6.07, 6.45) is -2.97. The molecule has 4 aromatic rings. The average Bonchev–Trinajstić information content (AvgIpc) is 3.16. The predicted octanol–water partition coefficient (Wildman–Crippen LogP) is 3.86. The van der Waals surface area contributed by atoms with Crippen molar-refractivity contribution < 1.29 is 22.6 Å². The summed E-state index contributed by atoms with van der Waals surface area (Å²) in [6.45, 7) is 0. The molecule has 3 heterocycles. The SMILES string of the molecule is COc1nn2cc(-c3cc4cc(OC(F)(F)F)ccc4n3C)nc2s1. The molecule has 0 spiro atoms. The third-order valence-electron chi connectivity index (χ3n) is 3.71. The van der Waals surface area contributed by atoms with Gasteiger partial charge in [-0.25, -0.2) is 9.50 Å². The fourth-order valence-corrected chi connectivity index (χ4v) is 3.36. The van der Waals surface area contributed by atoms with Crippen LogP contribution in [0.2, 0.25) is 0 Å². The molecule has 0 bridgehead atoms. The number of hydrogen-bond acceptors (Lipinski definition) is 5. The first kappa shape index (κ1) is 15.8. The Bertz CT molecular complexity index is 1050. The summed E-state index contributed by atoms with van der Waals surface area (Å²) in [4.78, 5) is 5.16. The molecule has 130 valence electrons. The average molecular weight is 368 g/mol. The Morgan fingerprint density at radius 3 is 2.68 bits per heavy atom. The van der Waals surface area contributed by atoms with Crippen molar-refractivity contribution in [2.24, 2.45) is 7.05 Å². The van der Waals surface area contributed by atoms with Crippen molar-refractivity contribution in [3.63, 3.8) is 0 Å². The van der Waals surface area contributed by atoms with E-state index in [1.807, 2.05) is 11.6 Å². The van der Waals surface area contributed by atoms with Gasteiger partial charge in [0, 0.05) is 18.0 Å². The fourth-order valence-electron chi connectivity index (χ4n) is 2.66. The fraction of sp³-hybridized carbons (Fsp3) is 0.200. The maximum absolute atomic E-state index is 12.4. The van der Waals surface area contributed by atoms with Crippen LogP contribution in [-0.4, -0.2) is 32.6 Å². The van der Waals surface area contributed by atoms with Crippen LogP contribution in [0.5, 0.6) is 10.9 Å². The molecule has 0 fully saturated rings. The Morgan fingerprint density at radius 1 is 1.20 bits per heavy atom. The molecule has 0 aliphatic carbocycles. The first-order valence-electron chi connectivity index (χ1n) is 7.10. The van der Waals surface area contributed by atoms with Gasteiger partial charge < -0.3 is 14.0 Å². The molecule has 25 heavy (non-hydrogen) atoms. The highest BCUT2D eigenvalue weighted by Crippen LogP contribution is 2.32. The van der Waals surface area contributed by atoms with Crippen molar-refractivity contribution >= 4 is 27.2 Å². The van der Waals surface area contributed by atoms with Crippen LogP contribution >= 0.6 is 11.3 Å². The highest BCUT2D eigenvalue weighted by atomic mass is 32.1. The molecule has 0 saturated carbocycles. The van der Waals surface area contributed by atoms with Crippen LogP contribution in [0.1, 0.15) is 0 Å². The normalized spacial score (nSPS) is 12.2. The van der Waals surface area contributed by atoms with E-state index in [9.17, 15) is 13.2 Å². The maximum atomic E-state index is 12.4. The lowest BCUT2D eigenvalue weighted by molar-refractivity contribution is -0.274. The minimum atomic E-state index is -4.72. The van der Waals surface area contributed by atoms with Crippen LogP contribution in [0.25, 0.3) is 27.3 Å². The number of aryl methyl sites for hydroxylation is 1. The summed E-state index contributed by atoms with van der Waals surface area (Å²) < 4.78 is 49.6. The molecular weight excluding hydrogens is 357 g/mol. The van der Waals surface area contributed by atoms with Crippen LogP contribution in [0.4, 0.5) is 13.2 Å². The van der Waals surface area contributed by atoms with Crippen LogP contribution < -0.4 is 9.47 Å². The van der Waals surface area contributed by atoms with Crippen LogP contribution in [0.15, 0.2) is 30.5 Å². The van der Waals surface area contributed by atoms with Crippen LogP contribution in [-0.2, 0) is 7.05 Å². The van der Waals surface area contributed by atoms with E-state index >= 15 is 0 Å². The Labute approximate surface area is 143 Å². The zero-order chi connectivity index (χ0) is 17.8. The first-order chi connectivity index (χ1) is 11.8. The molecule has 3 aromatic heterocycles. The summed E-state index contributed by atoms with van der Waals surface area (Å²) >= 11 is 1.30. The van der Waals surface area contributed by atoms with Gasteiger partial charge in [-0.15, -0.1) is 18.3 Å². The van der Waals surface area contributed by atoms with Crippen molar-refractivity contribution in [3.05, 3.63) is 30.5 Å². The van der Waals surface area contributed by atoms with E-state index in [0.717, 1.165) is 11.2 Å². The smallest absolute Gasteiger partial charge is 0.472 e. The first-order valence-corrected chi connectivity index (χ1v) is 7.91. The zero-order valence-corrected chi connectivity index (χ0v) is 13.9. The highest BCUT2D eigenvalue weighted by Gasteiger charge is 2.31. The van der Waals surface area contributed by atoms with Gasteiger partial charge in [0.05, 0.1) is 19.0 Å². The summed E-state index contributed by atoms with van der Waals surface area (Å²) in [7, 11) is 3.35. The quantitative estimate of drug-likeness (QED) is 0.551. The second-order valence-corrected chi connectivity index (χ2v) is 6.20. The second-order valence-electron chi connectivity index (χ2n) is 5.28. The van der Waals surface area contributed by atoms with Crippen molar-refractivity contribution in [1.29, 1.82) is 0 Å².